The summed E-state index contributed by atoms with van der Waals surface area (Å²) in [5, 5.41) is 8.76. The first-order chi connectivity index (χ1) is 9.06. The molecule has 0 fully saturated rings. The van der Waals surface area contributed by atoms with E-state index in [1.807, 2.05) is 12.1 Å². The van der Waals surface area contributed by atoms with Crippen LogP contribution in [0.15, 0.2) is 28.7 Å². The highest BCUT2D eigenvalue weighted by atomic mass is 16.4. The zero-order valence-corrected chi connectivity index (χ0v) is 11.1. The molecule has 0 aliphatic heterocycles. The molecule has 0 spiro atoms. The predicted molar refractivity (Wildman–Crippen MR) is 71.2 cm³/mol. The average molecular weight is 259 g/mol. The van der Waals surface area contributed by atoms with Gasteiger partial charge in [-0.3, -0.25) is 4.79 Å². The van der Waals surface area contributed by atoms with Gasteiger partial charge in [0.1, 0.15) is 5.76 Å². The predicted octanol–water partition coefficient (Wildman–Crippen LogP) is 2.70. The molecule has 0 saturated heterocycles. The summed E-state index contributed by atoms with van der Waals surface area (Å²) in [6.45, 7) is 3.83. The van der Waals surface area contributed by atoms with E-state index in [4.69, 9.17) is 9.52 Å². The van der Waals surface area contributed by atoms with Crippen molar-refractivity contribution in [2.45, 2.75) is 33.1 Å². The fourth-order valence-corrected chi connectivity index (χ4v) is 2.03. The smallest absolute Gasteiger partial charge is 0.309 e. The van der Waals surface area contributed by atoms with Gasteiger partial charge in [-0.05, 0) is 31.4 Å². The van der Waals surface area contributed by atoms with Crippen LogP contribution in [0, 0.1) is 13.8 Å². The van der Waals surface area contributed by atoms with Crippen molar-refractivity contribution in [1.82, 2.24) is 4.98 Å². The first-order valence-corrected chi connectivity index (χ1v) is 6.27. The van der Waals surface area contributed by atoms with Gasteiger partial charge in [0.05, 0.1) is 12.1 Å². The number of aryl methyl sites for hydroxylation is 4. The van der Waals surface area contributed by atoms with Crippen LogP contribution in [0.4, 0.5) is 0 Å². The number of oxazole rings is 1. The van der Waals surface area contributed by atoms with Gasteiger partial charge < -0.3 is 9.52 Å². The van der Waals surface area contributed by atoms with Crippen LogP contribution in [0.5, 0.6) is 0 Å². The number of benzene rings is 1. The van der Waals surface area contributed by atoms with Crippen molar-refractivity contribution in [3.63, 3.8) is 0 Å². The van der Waals surface area contributed by atoms with Crippen molar-refractivity contribution >= 4 is 5.97 Å². The third-order valence-corrected chi connectivity index (χ3v) is 3.13. The first kappa shape index (κ1) is 13.3. The van der Waals surface area contributed by atoms with Crippen molar-refractivity contribution < 1.29 is 14.3 Å². The van der Waals surface area contributed by atoms with Gasteiger partial charge in [-0.1, -0.05) is 24.3 Å². The van der Waals surface area contributed by atoms with Crippen LogP contribution in [0.3, 0.4) is 0 Å². The molecule has 0 atom stereocenters. The maximum atomic E-state index is 10.7. The Hall–Kier alpha value is -2.10. The third kappa shape index (κ3) is 3.44. The largest absolute Gasteiger partial charge is 0.481 e. The van der Waals surface area contributed by atoms with Gasteiger partial charge in [0.15, 0.2) is 5.89 Å². The quantitative estimate of drug-likeness (QED) is 0.896. The highest BCUT2D eigenvalue weighted by Crippen LogP contribution is 2.15. The Kier molecular flexibility index (Phi) is 4.00. The minimum Gasteiger partial charge on any atom is -0.481 e. The standard InChI is InChI=1S/C15H17NO3/c1-10-5-3-4-6-12(10)7-8-14-16-13(9-15(17)18)11(2)19-14/h3-6H,7-9H2,1-2H3,(H,17,18). The number of carboxylic acid groups (broad SMARTS) is 1. The Morgan fingerprint density at radius 2 is 2.00 bits per heavy atom. The minimum absolute atomic E-state index is 0.0836. The van der Waals surface area contributed by atoms with E-state index in [0.29, 0.717) is 23.8 Å². The Morgan fingerprint density at radius 1 is 1.26 bits per heavy atom. The summed E-state index contributed by atoms with van der Waals surface area (Å²) in [5.41, 5.74) is 3.03. The van der Waals surface area contributed by atoms with Gasteiger partial charge in [-0.25, -0.2) is 4.98 Å². The Morgan fingerprint density at radius 3 is 2.68 bits per heavy atom. The van der Waals surface area contributed by atoms with E-state index in [-0.39, 0.29) is 6.42 Å². The molecule has 0 saturated carbocycles. The molecule has 2 rings (SSSR count). The monoisotopic (exact) mass is 259 g/mol. The molecule has 0 bridgehead atoms. The lowest BCUT2D eigenvalue weighted by molar-refractivity contribution is -0.136. The van der Waals surface area contributed by atoms with Crippen molar-refractivity contribution in [1.29, 1.82) is 0 Å². The molecular formula is C15H17NO3. The second kappa shape index (κ2) is 5.69. The number of hydrogen-bond donors (Lipinski definition) is 1. The van der Waals surface area contributed by atoms with Crippen LogP contribution >= 0.6 is 0 Å². The molecule has 0 amide bonds. The Balaban J connectivity index is 2.04. The molecule has 2 aromatic rings. The van der Waals surface area contributed by atoms with E-state index in [2.05, 4.69) is 24.0 Å². The van der Waals surface area contributed by atoms with E-state index in [0.717, 1.165) is 6.42 Å². The normalized spacial score (nSPS) is 10.6. The summed E-state index contributed by atoms with van der Waals surface area (Å²) in [6, 6.07) is 8.19. The van der Waals surface area contributed by atoms with Crippen molar-refractivity contribution in [2.75, 3.05) is 0 Å². The molecule has 1 aromatic carbocycles. The van der Waals surface area contributed by atoms with Crippen LogP contribution in [0.2, 0.25) is 0 Å². The zero-order valence-electron chi connectivity index (χ0n) is 11.1. The van der Waals surface area contributed by atoms with Crippen LogP contribution in [-0.4, -0.2) is 16.1 Å². The number of nitrogens with zero attached hydrogens (tertiary/aromatic N) is 1. The summed E-state index contributed by atoms with van der Waals surface area (Å²) < 4.78 is 5.50. The molecule has 0 unspecified atom stereocenters. The molecule has 1 heterocycles. The molecular weight excluding hydrogens is 242 g/mol. The van der Waals surface area contributed by atoms with Crippen molar-refractivity contribution in [3.8, 4) is 0 Å². The van der Waals surface area contributed by atoms with E-state index >= 15 is 0 Å². The zero-order chi connectivity index (χ0) is 13.8. The summed E-state index contributed by atoms with van der Waals surface area (Å²) >= 11 is 0. The molecule has 4 heteroatoms. The minimum atomic E-state index is -0.887. The SMILES string of the molecule is Cc1ccccc1CCc1nc(CC(=O)O)c(C)o1. The van der Waals surface area contributed by atoms with Crippen molar-refractivity contribution in [3.05, 3.63) is 52.7 Å². The highest BCUT2D eigenvalue weighted by molar-refractivity contribution is 5.69. The van der Waals surface area contributed by atoms with Gasteiger partial charge in [-0.2, -0.15) is 0 Å². The van der Waals surface area contributed by atoms with E-state index in [1.165, 1.54) is 11.1 Å². The summed E-state index contributed by atoms with van der Waals surface area (Å²) in [4.78, 5) is 14.9. The molecule has 1 aromatic heterocycles. The maximum Gasteiger partial charge on any atom is 0.309 e. The maximum absolute atomic E-state index is 10.7. The Labute approximate surface area is 112 Å². The van der Waals surface area contributed by atoms with Crippen LogP contribution < -0.4 is 0 Å². The lowest BCUT2D eigenvalue weighted by atomic mass is 10.0. The number of carboxylic acids is 1. The van der Waals surface area contributed by atoms with E-state index in [1.54, 1.807) is 6.92 Å². The molecule has 1 N–H and O–H groups in total. The van der Waals surface area contributed by atoms with E-state index < -0.39 is 5.97 Å². The van der Waals surface area contributed by atoms with Gasteiger partial charge in [-0.15, -0.1) is 0 Å². The molecule has 19 heavy (non-hydrogen) atoms. The summed E-state index contributed by atoms with van der Waals surface area (Å²) in [6.07, 6.45) is 1.45. The van der Waals surface area contributed by atoms with Gasteiger partial charge >= 0.3 is 5.97 Å². The van der Waals surface area contributed by atoms with Gasteiger partial charge in [0, 0.05) is 6.42 Å². The van der Waals surface area contributed by atoms with Crippen LogP contribution in [0.25, 0.3) is 0 Å². The number of aromatic nitrogens is 1. The van der Waals surface area contributed by atoms with Crippen LogP contribution in [0.1, 0.15) is 28.5 Å². The lowest BCUT2D eigenvalue weighted by Gasteiger charge is -2.02. The molecule has 100 valence electrons. The summed E-state index contributed by atoms with van der Waals surface area (Å²) in [7, 11) is 0. The third-order valence-electron chi connectivity index (χ3n) is 3.13. The second-order valence-corrected chi connectivity index (χ2v) is 4.61. The number of carbonyl (C=O) groups is 1. The number of rotatable bonds is 5. The molecule has 4 nitrogen and oxygen atoms in total. The number of aliphatic carboxylic acids is 1. The fourth-order valence-electron chi connectivity index (χ4n) is 2.03. The number of hydrogen-bond acceptors (Lipinski definition) is 3. The van der Waals surface area contributed by atoms with Crippen LogP contribution in [-0.2, 0) is 24.1 Å². The molecule has 0 aliphatic rings. The van der Waals surface area contributed by atoms with Gasteiger partial charge in [0.2, 0.25) is 0 Å². The fraction of sp³-hybridized carbons (Fsp3) is 0.333. The molecule has 0 radical (unpaired) electrons. The average Bonchev–Trinajstić information content (AvgIpc) is 2.68. The van der Waals surface area contributed by atoms with E-state index in [9.17, 15) is 4.79 Å². The Bertz CT molecular complexity index is 587. The summed E-state index contributed by atoms with van der Waals surface area (Å²) in [5.74, 6) is 0.320. The topological polar surface area (TPSA) is 63.3 Å². The van der Waals surface area contributed by atoms with Gasteiger partial charge in [0.25, 0.3) is 0 Å². The lowest BCUT2D eigenvalue weighted by Crippen LogP contribution is -2.02. The highest BCUT2D eigenvalue weighted by Gasteiger charge is 2.12. The first-order valence-electron chi connectivity index (χ1n) is 6.27. The second-order valence-electron chi connectivity index (χ2n) is 4.61. The van der Waals surface area contributed by atoms with Crippen molar-refractivity contribution in [2.24, 2.45) is 0 Å². The molecule has 0 aliphatic carbocycles.